The zero-order chi connectivity index (χ0) is 34.2. The zero-order valence-corrected chi connectivity index (χ0v) is 27.9. The summed E-state index contributed by atoms with van der Waals surface area (Å²) < 4.78 is 47.0. The van der Waals surface area contributed by atoms with E-state index in [0.29, 0.717) is 29.3 Å². The van der Waals surface area contributed by atoms with Gasteiger partial charge in [-0.1, -0.05) is 29.8 Å². The summed E-state index contributed by atoms with van der Waals surface area (Å²) in [6, 6.07) is 17.9. The van der Waals surface area contributed by atoms with E-state index in [1.807, 2.05) is 11.0 Å². The van der Waals surface area contributed by atoms with Crippen LogP contribution >= 0.6 is 11.6 Å². The van der Waals surface area contributed by atoms with Crippen molar-refractivity contribution in [3.63, 3.8) is 0 Å². The molecule has 3 heterocycles. The summed E-state index contributed by atoms with van der Waals surface area (Å²) in [5.74, 6) is -0.295. The molecule has 1 fully saturated rings. The van der Waals surface area contributed by atoms with Gasteiger partial charge in [0, 0.05) is 48.0 Å². The summed E-state index contributed by atoms with van der Waals surface area (Å²) in [7, 11) is -1.95. The van der Waals surface area contributed by atoms with Gasteiger partial charge in [-0.25, -0.2) is 17.5 Å². The maximum atomic E-state index is 15.5. The van der Waals surface area contributed by atoms with Crippen molar-refractivity contribution in [3.8, 4) is 17.2 Å². The minimum Gasteiger partial charge on any atom is -0.497 e. The fraction of sp³-hybridized carbons (Fsp3) is 0.265. The number of ether oxygens (including phenoxy) is 3. The molecule has 0 radical (unpaired) electrons. The van der Waals surface area contributed by atoms with E-state index in [-0.39, 0.29) is 46.6 Å². The van der Waals surface area contributed by atoms with Crippen LogP contribution in [0.25, 0.3) is 0 Å². The normalized spacial score (nSPS) is 19.2. The Morgan fingerprint density at radius 1 is 1.00 bits per heavy atom. The number of carbonyl (C=O) groups excluding carboxylic acids is 1. The van der Waals surface area contributed by atoms with Gasteiger partial charge < -0.3 is 29.1 Å². The monoisotopic (exact) mass is 692 g/mol. The van der Waals surface area contributed by atoms with Crippen molar-refractivity contribution in [2.75, 3.05) is 49.7 Å². The van der Waals surface area contributed by atoms with E-state index in [1.54, 1.807) is 49.6 Å². The molecule has 3 aromatic carbocycles. The van der Waals surface area contributed by atoms with Gasteiger partial charge >= 0.3 is 6.09 Å². The van der Waals surface area contributed by atoms with Crippen LogP contribution in [0.2, 0.25) is 5.02 Å². The van der Waals surface area contributed by atoms with Crippen LogP contribution in [0.1, 0.15) is 18.1 Å². The molecule has 12 nitrogen and oxygen atoms in total. The molecule has 48 heavy (non-hydrogen) atoms. The second-order valence-corrected chi connectivity index (χ2v) is 13.3. The number of benzene rings is 3. The number of hydrogen-bond donors (Lipinski definition) is 1. The Morgan fingerprint density at radius 2 is 1.79 bits per heavy atom. The Labute approximate surface area is 283 Å². The number of sulfonamides is 1. The van der Waals surface area contributed by atoms with Crippen molar-refractivity contribution in [2.24, 2.45) is 0 Å². The second kappa shape index (κ2) is 12.9. The van der Waals surface area contributed by atoms with Crippen molar-refractivity contribution in [3.05, 3.63) is 101 Å². The third-order valence-electron chi connectivity index (χ3n) is 8.76. The van der Waals surface area contributed by atoms with Crippen molar-refractivity contribution in [1.29, 1.82) is 0 Å². The second-order valence-electron chi connectivity index (χ2n) is 11.1. The van der Waals surface area contributed by atoms with E-state index in [0.717, 1.165) is 4.31 Å². The average molecular weight is 693 g/mol. The molecule has 2 unspecified atom stereocenters. The number of hydrogen-bond acceptors (Lipinski definition) is 9. The number of aromatic nitrogens is 1. The van der Waals surface area contributed by atoms with Crippen LogP contribution in [0.5, 0.6) is 17.2 Å². The van der Waals surface area contributed by atoms with Crippen LogP contribution in [-0.4, -0.2) is 81.9 Å². The van der Waals surface area contributed by atoms with E-state index < -0.39 is 33.5 Å². The molecule has 0 aliphatic carbocycles. The number of pyridine rings is 1. The molecule has 2 aliphatic heterocycles. The number of methoxy groups -OCH3 is 2. The first-order chi connectivity index (χ1) is 23.1. The highest BCUT2D eigenvalue weighted by atomic mass is 35.5. The van der Waals surface area contributed by atoms with Crippen molar-refractivity contribution < 1.29 is 37.3 Å². The molecule has 0 saturated carbocycles. The maximum absolute atomic E-state index is 15.5. The zero-order valence-electron chi connectivity index (χ0n) is 26.4. The highest BCUT2D eigenvalue weighted by Crippen LogP contribution is 2.55. The van der Waals surface area contributed by atoms with Crippen molar-refractivity contribution >= 4 is 45.0 Å². The average Bonchev–Trinajstić information content (AvgIpc) is 3.36. The van der Waals surface area contributed by atoms with Gasteiger partial charge in [-0.2, -0.15) is 0 Å². The molecule has 6 rings (SSSR count). The van der Waals surface area contributed by atoms with Crippen LogP contribution in [0, 0.1) is 0 Å². The van der Waals surface area contributed by atoms with Crippen molar-refractivity contribution in [1.82, 2.24) is 9.88 Å². The molecular weight excluding hydrogens is 660 g/mol. The number of carbonyl (C=O) groups is 2. The van der Waals surface area contributed by atoms with Gasteiger partial charge in [-0.15, -0.1) is 0 Å². The number of piperazine rings is 1. The fourth-order valence-corrected chi connectivity index (χ4v) is 8.49. The Kier molecular flexibility index (Phi) is 8.84. The smallest absolute Gasteiger partial charge is 0.407 e. The van der Waals surface area contributed by atoms with Gasteiger partial charge in [0.2, 0.25) is 0 Å². The number of anilines is 2. The van der Waals surface area contributed by atoms with E-state index in [9.17, 15) is 18.3 Å². The van der Waals surface area contributed by atoms with Gasteiger partial charge in [0.15, 0.2) is 0 Å². The highest BCUT2D eigenvalue weighted by molar-refractivity contribution is 7.93. The van der Waals surface area contributed by atoms with E-state index in [2.05, 4.69) is 4.98 Å². The maximum Gasteiger partial charge on any atom is 0.407 e. The number of carboxylic acid groups (broad SMARTS) is 1. The molecular formula is C34H33ClN4O8S. The lowest BCUT2D eigenvalue weighted by atomic mass is 9.68. The number of para-hydroxylation sites is 1. The lowest BCUT2D eigenvalue weighted by Crippen LogP contribution is -2.66. The summed E-state index contributed by atoms with van der Waals surface area (Å²) in [6.07, 6.45) is 2.01. The standard InChI is InChI=1S/C34H33ClN4O8S/c1-4-47-28-10-6-5-9-25(28)34(31-21-37(16-17-38(31)33(41)42)23-8-7-15-36-20-23)26-18-22(35)11-13-27(26)39(32(34)40)48(43,44)30-14-12-24(45-2)19-29(30)46-3/h5-15,18-20,31H,4,16-17,21H2,1-3H3,(H,41,42). The predicted molar refractivity (Wildman–Crippen MR) is 179 cm³/mol. The lowest BCUT2D eigenvalue weighted by Gasteiger charge is -2.48. The minimum atomic E-state index is -4.70. The predicted octanol–water partition coefficient (Wildman–Crippen LogP) is 5.04. The minimum absolute atomic E-state index is 0.00960. The van der Waals surface area contributed by atoms with Gasteiger partial charge in [0.05, 0.1) is 44.4 Å². The number of amides is 2. The Hall–Kier alpha value is -5.01. The molecule has 2 aliphatic rings. The summed E-state index contributed by atoms with van der Waals surface area (Å²) in [4.78, 5) is 35.7. The van der Waals surface area contributed by atoms with E-state index >= 15 is 4.79 Å². The van der Waals surface area contributed by atoms with Gasteiger partial charge in [0.1, 0.15) is 27.6 Å². The topological polar surface area (TPSA) is 139 Å². The summed E-state index contributed by atoms with van der Waals surface area (Å²) in [5, 5.41) is 10.9. The molecule has 2 amide bonds. The summed E-state index contributed by atoms with van der Waals surface area (Å²) in [5.41, 5.74) is -0.697. The first-order valence-electron chi connectivity index (χ1n) is 15.1. The molecule has 2 atom stereocenters. The molecule has 250 valence electrons. The van der Waals surface area contributed by atoms with Crippen LogP contribution < -0.4 is 23.4 Å². The third kappa shape index (κ3) is 5.23. The van der Waals surface area contributed by atoms with Crippen molar-refractivity contribution in [2.45, 2.75) is 23.3 Å². The molecule has 0 bridgehead atoms. The lowest BCUT2D eigenvalue weighted by molar-refractivity contribution is -0.122. The van der Waals surface area contributed by atoms with Crippen LogP contribution in [0.3, 0.4) is 0 Å². The van der Waals surface area contributed by atoms with Crippen LogP contribution in [-0.2, 0) is 20.2 Å². The number of nitrogens with zero attached hydrogens (tertiary/aromatic N) is 4. The molecule has 0 spiro atoms. The molecule has 1 aromatic heterocycles. The molecule has 4 aromatic rings. The largest absolute Gasteiger partial charge is 0.497 e. The highest BCUT2D eigenvalue weighted by Gasteiger charge is 2.64. The molecule has 1 N–H and O–H groups in total. The molecule has 1 saturated heterocycles. The number of halogens is 1. The van der Waals surface area contributed by atoms with E-state index in [4.69, 9.17) is 25.8 Å². The first kappa shape index (κ1) is 32.9. The quantitative estimate of drug-likeness (QED) is 0.254. The van der Waals surface area contributed by atoms with Crippen LogP contribution in [0.4, 0.5) is 16.2 Å². The molecule has 14 heteroatoms. The summed E-state index contributed by atoms with van der Waals surface area (Å²) in [6.45, 7) is 2.33. The van der Waals surface area contributed by atoms with Crippen LogP contribution in [0.15, 0.2) is 90.1 Å². The summed E-state index contributed by atoms with van der Waals surface area (Å²) >= 11 is 6.62. The SMILES string of the molecule is CCOc1ccccc1C1(C2CN(c3cccnc3)CCN2C(=O)O)C(=O)N(S(=O)(=O)c2ccc(OC)cc2OC)c2ccc(Cl)cc21. The number of rotatable bonds is 9. The number of fused-ring (bicyclic) bond motifs is 1. The third-order valence-corrected chi connectivity index (χ3v) is 10.7. The first-order valence-corrected chi connectivity index (χ1v) is 16.9. The van der Waals surface area contributed by atoms with Gasteiger partial charge in [-0.3, -0.25) is 9.78 Å². The van der Waals surface area contributed by atoms with Gasteiger partial charge in [-0.05, 0) is 55.5 Å². The van der Waals surface area contributed by atoms with Gasteiger partial charge in [0.25, 0.3) is 15.9 Å². The Balaban J connectivity index is 1.67. The fourth-order valence-electron chi connectivity index (χ4n) is 6.70. The van der Waals surface area contributed by atoms with E-state index in [1.165, 1.54) is 55.5 Å². The Morgan fingerprint density at radius 3 is 2.48 bits per heavy atom. The Bertz CT molecular complexity index is 1980.